The lowest BCUT2D eigenvalue weighted by atomic mass is 10.2. The van der Waals surface area contributed by atoms with Crippen LogP contribution in [-0.4, -0.2) is 18.0 Å². The number of esters is 1. The summed E-state index contributed by atoms with van der Waals surface area (Å²) in [7, 11) is 0. The van der Waals surface area contributed by atoms with E-state index in [4.69, 9.17) is 4.74 Å². The van der Waals surface area contributed by atoms with E-state index in [9.17, 15) is 22.8 Å². The van der Waals surface area contributed by atoms with Crippen LogP contribution in [0, 0.1) is 6.92 Å². The number of alkyl halides is 3. The molecule has 0 bridgehead atoms. The number of hydrogen-bond acceptors (Lipinski definition) is 4. The molecule has 8 heteroatoms. The Balaban J connectivity index is 1.96. The molecule has 0 aliphatic carbocycles. The molecule has 128 valence electrons. The summed E-state index contributed by atoms with van der Waals surface area (Å²) in [6.07, 6.45) is -5.52. The van der Waals surface area contributed by atoms with E-state index in [-0.39, 0.29) is 5.69 Å². The third kappa shape index (κ3) is 4.35. The van der Waals surface area contributed by atoms with Gasteiger partial charge in [0, 0.05) is 5.69 Å². The second-order valence-corrected chi connectivity index (χ2v) is 5.96. The second kappa shape index (κ2) is 7.04. The van der Waals surface area contributed by atoms with Gasteiger partial charge in [-0.3, -0.25) is 4.79 Å². The molecule has 0 unspecified atom stereocenters. The quantitative estimate of drug-likeness (QED) is 0.832. The third-order valence-electron chi connectivity index (χ3n) is 3.18. The predicted molar refractivity (Wildman–Crippen MR) is 84.0 cm³/mol. The van der Waals surface area contributed by atoms with Gasteiger partial charge in [-0.1, -0.05) is 0 Å². The molecule has 4 nitrogen and oxygen atoms in total. The van der Waals surface area contributed by atoms with Crippen molar-refractivity contribution in [1.29, 1.82) is 0 Å². The Morgan fingerprint density at radius 3 is 2.29 bits per heavy atom. The Morgan fingerprint density at radius 1 is 1.17 bits per heavy atom. The molecule has 1 aromatic carbocycles. The van der Waals surface area contributed by atoms with Crippen molar-refractivity contribution in [1.82, 2.24) is 0 Å². The van der Waals surface area contributed by atoms with Crippen molar-refractivity contribution in [2.75, 3.05) is 5.32 Å². The Kier molecular flexibility index (Phi) is 5.28. The number of halogens is 3. The van der Waals surface area contributed by atoms with E-state index in [0.717, 1.165) is 29.8 Å². The van der Waals surface area contributed by atoms with E-state index in [1.165, 1.54) is 18.3 Å². The van der Waals surface area contributed by atoms with E-state index < -0.39 is 29.7 Å². The largest absolute Gasteiger partial charge is 0.448 e. The summed E-state index contributed by atoms with van der Waals surface area (Å²) < 4.78 is 42.5. The van der Waals surface area contributed by atoms with E-state index >= 15 is 0 Å². The van der Waals surface area contributed by atoms with Gasteiger partial charge in [0.05, 0.1) is 5.56 Å². The number of benzene rings is 1. The molecule has 24 heavy (non-hydrogen) atoms. The van der Waals surface area contributed by atoms with Crippen LogP contribution in [0.25, 0.3) is 0 Å². The van der Waals surface area contributed by atoms with E-state index in [0.29, 0.717) is 4.88 Å². The fourth-order valence-corrected chi connectivity index (χ4v) is 2.64. The van der Waals surface area contributed by atoms with Gasteiger partial charge in [0.25, 0.3) is 5.91 Å². The average Bonchev–Trinajstić information content (AvgIpc) is 2.93. The number of hydrogen-bond donors (Lipinski definition) is 1. The van der Waals surface area contributed by atoms with Crippen LogP contribution < -0.4 is 5.32 Å². The molecule has 0 aliphatic heterocycles. The molecule has 0 saturated heterocycles. The van der Waals surface area contributed by atoms with Crippen LogP contribution in [0.15, 0.2) is 35.7 Å². The molecular weight excluding hydrogens is 343 g/mol. The Labute approximate surface area is 140 Å². The van der Waals surface area contributed by atoms with Crippen molar-refractivity contribution in [2.45, 2.75) is 26.1 Å². The fraction of sp³-hybridized carbons (Fsp3) is 0.250. The fourth-order valence-electron chi connectivity index (χ4n) is 1.84. The molecule has 0 spiro atoms. The smallest absolute Gasteiger partial charge is 0.416 e. The molecule has 1 amide bonds. The lowest BCUT2D eigenvalue weighted by molar-refractivity contribution is -0.137. The zero-order chi connectivity index (χ0) is 17.9. The minimum Gasteiger partial charge on any atom is -0.448 e. The van der Waals surface area contributed by atoms with Crippen molar-refractivity contribution in [2.24, 2.45) is 0 Å². The van der Waals surface area contributed by atoms with E-state index in [1.807, 2.05) is 0 Å². The maximum atomic E-state index is 12.5. The highest BCUT2D eigenvalue weighted by Gasteiger charge is 2.30. The number of anilines is 1. The van der Waals surface area contributed by atoms with Crippen molar-refractivity contribution in [3.8, 4) is 0 Å². The Bertz CT molecular complexity index is 738. The van der Waals surface area contributed by atoms with Gasteiger partial charge in [0.1, 0.15) is 4.88 Å². The summed E-state index contributed by atoms with van der Waals surface area (Å²) in [4.78, 5) is 24.3. The highest BCUT2D eigenvalue weighted by atomic mass is 32.1. The van der Waals surface area contributed by atoms with Crippen LogP contribution in [0.3, 0.4) is 0 Å². The standard InChI is InChI=1S/C16H14F3NO3S/c1-9-7-8-24-13(9)15(22)23-10(2)14(21)20-12-5-3-11(4-6-12)16(17,18)19/h3-8,10H,1-2H3,(H,20,21)/t10-/m0/s1. The van der Waals surface area contributed by atoms with Crippen LogP contribution >= 0.6 is 11.3 Å². The number of carbonyl (C=O) groups is 2. The summed E-state index contributed by atoms with van der Waals surface area (Å²) in [6.45, 7) is 3.14. The number of nitrogens with one attached hydrogen (secondary N) is 1. The first-order chi connectivity index (χ1) is 11.2. The topological polar surface area (TPSA) is 55.4 Å². The van der Waals surface area contributed by atoms with Crippen LogP contribution in [0.5, 0.6) is 0 Å². The van der Waals surface area contributed by atoms with Gasteiger partial charge in [0.15, 0.2) is 6.10 Å². The van der Waals surface area contributed by atoms with Crippen LogP contribution in [0.2, 0.25) is 0 Å². The summed E-state index contributed by atoms with van der Waals surface area (Å²) in [5.41, 5.74) is 0.122. The number of thiophene rings is 1. The molecule has 1 N–H and O–H groups in total. The second-order valence-electron chi connectivity index (χ2n) is 5.04. The van der Waals surface area contributed by atoms with Crippen molar-refractivity contribution in [3.63, 3.8) is 0 Å². The summed E-state index contributed by atoms with van der Waals surface area (Å²) in [5, 5.41) is 4.14. The van der Waals surface area contributed by atoms with Crippen molar-refractivity contribution >= 4 is 28.9 Å². The molecule has 0 saturated carbocycles. The van der Waals surface area contributed by atoms with Gasteiger partial charge in [0.2, 0.25) is 0 Å². The molecule has 0 fully saturated rings. The number of amides is 1. The maximum Gasteiger partial charge on any atom is 0.416 e. The minimum absolute atomic E-state index is 0.184. The van der Waals surface area contributed by atoms with Crippen molar-refractivity contribution < 1.29 is 27.5 Å². The molecule has 0 radical (unpaired) electrons. The first kappa shape index (κ1) is 18.0. The molecule has 0 aliphatic rings. The van der Waals surface area contributed by atoms with Crippen LogP contribution in [0.1, 0.15) is 27.7 Å². The first-order valence-corrected chi connectivity index (χ1v) is 7.79. The number of carbonyl (C=O) groups excluding carboxylic acids is 2. The molecule has 1 aromatic heterocycles. The lowest BCUT2D eigenvalue weighted by Crippen LogP contribution is -2.30. The zero-order valence-corrected chi connectivity index (χ0v) is 13.6. The van der Waals surface area contributed by atoms with Crippen LogP contribution in [-0.2, 0) is 15.7 Å². The highest BCUT2D eigenvalue weighted by molar-refractivity contribution is 7.12. The monoisotopic (exact) mass is 357 g/mol. The normalized spacial score (nSPS) is 12.5. The van der Waals surface area contributed by atoms with Gasteiger partial charge >= 0.3 is 12.1 Å². The average molecular weight is 357 g/mol. The number of ether oxygens (including phenoxy) is 1. The SMILES string of the molecule is Cc1ccsc1C(=O)O[C@@H](C)C(=O)Nc1ccc(C(F)(F)F)cc1. The Hall–Kier alpha value is -2.35. The summed E-state index contributed by atoms with van der Waals surface area (Å²) in [5.74, 6) is -1.24. The van der Waals surface area contributed by atoms with Gasteiger partial charge < -0.3 is 10.1 Å². The zero-order valence-electron chi connectivity index (χ0n) is 12.8. The van der Waals surface area contributed by atoms with Gasteiger partial charge in [-0.05, 0) is 55.1 Å². The number of aryl methyl sites for hydroxylation is 1. The Morgan fingerprint density at radius 2 is 1.79 bits per heavy atom. The number of rotatable bonds is 4. The predicted octanol–water partition coefficient (Wildman–Crippen LogP) is 4.26. The molecule has 1 atom stereocenters. The maximum absolute atomic E-state index is 12.5. The van der Waals surface area contributed by atoms with E-state index in [2.05, 4.69) is 5.32 Å². The van der Waals surface area contributed by atoms with Gasteiger partial charge in [-0.2, -0.15) is 13.2 Å². The van der Waals surface area contributed by atoms with Gasteiger partial charge in [-0.15, -0.1) is 11.3 Å². The summed E-state index contributed by atoms with van der Waals surface area (Å²) in [6, 6.07) is 5.76. The third-order valence-corrected chi connectivity index (χ3v) is 4.18. The highest BCUT2D eigenvalue weighted by Crippen LogP contribution is 2.29. The molecule has 2 aromatic rings. The molecule has 1 heterocycles. The minimum atomic E-state index is -4.44. The lowest BCUT2D eigenvalue weighted by Gasteiger charge is -2.14. The van der Waals surface area contributed by atoms with Crippen molar-refractivity contribution in [3.05, 3.63) is 51.7 Å². The van der Waals surface area contributed by atoms with Crippen LogP contribution in [0.4, 0.5) is 18.9 Å². The van der Waals surface area contributed by atoms with Gasteiger partial charge in [-0.25, -0.2) is 4.79 Å². The summed E-state index contributed by atoms with van der Waals surface area (Å²) >= 11 is 1.21. The van der Waals surface area contributed by atoms with E-state index in [1.54, 1.807) is 18.4 Å². The first-order valence-electron chi connectivity index (χ1n) is 6.91. The molecule has 2 rings (SSSR count). The molecular formula is C16H14F3NO3S.